The van der Waals surface area contributed by atoms with E-state index < -0.39 is 23.1 Å². The predicted molar refractivity (Wildman–Crippen MR) is 202 cm³/mol. The van der Waals surface area contributed by atoms with E-state index in [1.807, 2.05) is 49.9 Å². The number of nitrogens with zero attached hydrogens (tertiary/aromatic N) is 6. The summed E-state index contributed by atoms with van der Waals surface area (Å²) in [5.74, 6) is 0.495. The molecule has 4 saturated heterocycles. The van der Waals surface area contributed by atoms with Crippen LogP contribution in [0, 0.1) is 5.82 Å². The van der Waals surface area contributed by atoms with Crippen molar-refractivity contribution in [3.05, 3.63) is 41.7 Å². The quantitative estimate of drug-likeness (QED) is 0.176. The molecule has 14 heteroatoms. The number of benzene rings is 2. The van der Waals surface area contributed by atoms with Crippen LogP contribution >= 0.6 is 0 Å². The lowest BCUT2D eigenvalue weighted by Gasteiger charge is -2.46. The summed E-state index contributed by atoms with van der Waals surface area (Å²) < 4.78 is 62.3. The minimum Gasteiger partial charge on any atom is -0.475 e. The molecule has 55 heavy (non-hydrogen) atoms. The van der Waals surface area contributed by atoms with Crippen molar-refractivity contribution in [3.8, 4) is 28.9 Å². The number of alkyl halides is 1. The van der Waals surface area contributed by atoms with Crippen LogP contribution in [0.25, 0.3) is 32.9 Å². The van der Waals surface area contributed by atoms with Crippen LogP contribution in [0.15, 0.2) is 30.3 Å². The highest BCUT2D eigenvalue weighted by atomic mass is 19.1. The molecule has 4 aromatic rings. The number of methoxy groups -OCH3 is 1. The number of ether oxygens (including phenoxy) is 5. The van der Waals surface area contributed by atoms with Gasteiger partial charge in [-0.3, -0.25) is 9.80 Å². The molecule has 9 rings (SSSR count). The van der Waals surface area contributed by atoms with E-state index in [1.54, 1.807) is 13.2 Å². The maximum absolute atomic E-state index is 17.6. The molecule has 12 nitrogen and oxygen atoms in total. The second-order valence-electron chi connectivity index (χ2n) is 16.6. The van der Waals surface area contributed by atoms with E-state index >= 15 is 4.39 Å². The predicted octanol–water partition coefficient (Wildman–Crippen LogP) is 6.83. The van der Waals surface area contributed by atoms with Gasteiger partial charge in [0.05, 0.1) is 23.7 Å². The number of hydrogen-bond donors (Lipinski definition) is 0. The van der Waals surface area contributed by atoms with Gasteiger partial charge < -0.3 is 28.6 Å². The molecular formula is C41H48F2N6O6. The van der Waals surface area contributed by atoms with Crippen LogP contribution in [-0.2, 0) is 15.9 Å². The van der Waals surface area contributed by atoms with Crippen molar-refractivity contribution in [1.82, 2.24) is 24.8 Å². The molecule has 5 aliphatic heterocycles. The third-order valence-electron chi connectivity index (χ3n) is 12.0. The van der Waals surface area contributed by atoms with Gasteiger partial charge in [-0.2, -0.15) is 9.97 Å². The molecule has 7 heterocycles. The number of halogens is 2. The topological polar surface area (TPSA) is 112 Å². The summed E-state index contributed by atoms with van der Waals surface area (Å²) in [6.07, 6.45) is 3.08. The SMILES string of the molecule is CCc1cccc2cc(OCOC)cc(-c3nc4c5c(nc(OC[C@@]67CCCN6C[C@@H](F)C7)nc5c3F)N3C[C@@H]5CC[C@H]([C@@H]3CO4)N5C(=O)OC(C)(C)C)c12. The summed E-state index contributed by atoms with van der Waals surface area (Å²) in [6.45, 7) is 9.64. The van der Waals surface area contributed by atoms with Crippen LogP contribution in [0.2, 0.25) is 0 Å². The Morgan fingerprint density at radius 2 is 1.93 bits per heavy atom. The van der Waals surface area contributed by atoms with Crippen molar-refractivity contribution in [3.63, 3.8) is 0 Å². The molecule has 0 radical (unpaired) electrons. The Bertz CT molecular complexity index is 2170. The van der Waals surface area contributed by atoms with Crippen LogP contribution in [-0.4, -0.2) is 113 Å². The highest BCUT2D eigenvalue weighted by molar-refractivity contribution is 6.03. The van der Waals surface area contributed by atoms with Gasteiger partial charge in [-0.05, 0) is 87.9 Å². The number of carbonyl (C=O) groups is 1. The number of aryl methyl sites for hydroxylation is 1. The molecule has 0 N–H and O–H groups in total. The number of hydrogen-bond acceptors (Lipinski definition) is 11. The minimum absolute atomic E-state index is 0.00638. The Kier molecular flexibility index (Phi) is 8.91. The lowest BCUT2D eigenvalue weighted by atomic mass is 9.94. The van der Waals surface area contributed by atoms with Crippen molar-refractivity contribution in [2.75, 3.05) is 51.7 Å². The van der Waals surface area contributed by atoms with Gasteiger partial charge in [-0.15, -0.1) is 0 Å². The van der Waals surface area contributed by atoms with Crippen molar-refractivity contribution < 1.29 is 37.3 Å². The number of carbonyl (C=O) groups excluding carboxylic acids is 1. The number of rotatable bonds is 8. The average Bonchev–Trinajstić information content (AvgIpc) is 3.76. The smallest absolute Gasteiger partial charge is 0.410 e. The molecule has 5 atom stereocenters. The van der Waals surface area contributed by atoms with Gasteiger partial charge in [0.1, 0.15) is 53.2 Å². The van der Waals surface area contributed by atoms with E-state index in [-0.39, 0.29) is 67.3 Å². The normalized spacial score (nSPS) is 25.9. The number of aromatic nitrogens is 3. The molecule has 4 fully saturated rings. The van der Waals surface area contributed by atoms with Crippen LogP contribution < -0.4 is 19.1 Å². The molecule has 5 aliphatic rings. The second-order valence-corrected chi connectivity index (χ2v) is 16.6. The fraction of sp³-hybridized carbons (Fsp3) is 0.561. The highest BCUT2D eigenvalue weighted by Gasteiger charge is 2.52. The third-order valence-corrected chi connectivity index (χ3v) is 12.0. The number of anilines is 1. The molecular weight excluding hydrogens is 710 g/mol. The van der Waals surface area contributed by atoms with Crippen LogP contribution in [0.4, 0.5) is 19.4 Å². The Labute approximate surface area is 319 Å². The van der Waals surface area contributed by atoms with Crippen molar-refractivity contribution in [1.29, 1.82) is 0 Å². The van der Waals surface area contributed by atoms with Crippen molar-refractivity contribution >= 4 is 33.6 Å². The minimum atomic E-state index is -0.930. The van der Waals surface area contributed by atoms with E-state index in [1.165, 1.54) is 0 Å². The molecule has 0 saturated carbocycles. The maximum atomic E-state index is 17.6. The molecule has 0 spiro atoms. The first-order valence-electron chi connectivity index (χ1n) is 19.5. The monoisotopic (exact) mass is 758 g/mol. The Hall–Kier alpha value is -4.56. The van der Waals surface area contributed by atoms with Crippen LogP contribution in [0.1, 0.15) is 65.4 Å². The summed E-state index contributed by atoms with van der Waals surface area (Å²) in [5.41, 5.74) is 0.506. The Balaban J connectivity index is 1.20. The number of amides is 1. The fourth-order valence-electron chi connectivity index (χ4n) is 9.72. The van der Waals surface area contributed by atoms with E-state index in [9.17, 15) is 9.18 Å². The van der Waals surface area contributed by atoms with E-state index in [4.69, 9.17) is 38.6 Å². The molecule has 2 aromatic heterocycles. The number of piperazine rings is 1. The average molecular weight is 759 g/mol. The molecule has 292 valence electrons. The standard InChI is InChI=1S/C41H48F2N6O6/c1-6-23-9-7-10-24-15-27(54-22-51-5)16-28(31(23)24)34-33(43)35-32-36(46-38(45-35)53-21-41-13-8-14-47(41)18-25(42)17-41)48-19-26-11-12-29(30(48)20-52-37(32)44-34)49(26)39(50)55-40(2,3)4/h7,9-10,15-16,25-26,29-30H,6,8,11-14,17-22H2,1-5H3/t25-,26-,29+,30-,41-/m0/s1. The lowest BCUT2D eigenvalue weighted by molar-refractivity contribution is 0.00537. The summed E-state index contributed by atoms with van der Waals surface area (Å²) in [5, 5.41) is 2.05. The largest absolute Gasteiger partial charge is 0.475 e. The first-order valence-corrected chi connectivity index (χ1v) is 19.5. The van der Waals surface area contributed by atoms with Gasteiger partial charge >= 0.3 is 12.1 Å². The van der Waals surface area contributed by atoms with Crippen molar-refractivity contribution in [2.24, 2.45) is 0 Å². The highest BCUT2D eigenvalue weighted by Crippen LogP contribution is 2.47. The van der Waals surface area contributed by atoms with Crippen LogP contribution in [0.5, 0.6) is 17.6 Å². The first kappa shape index (κ1) is 36.1. The zero-order valence-electron chi connectivity index (χ0n) is 32.1. The third kappa shape index (κ3) is 6.16. The number of fused-ring (bicyclic) bond motifs is 7. The van der Waals surface area contributed by atoms with Gasteiger partial charge in [0, 0.05) is 32.2 Å². The van der Waals surface area contributed by atoms with E-state index in [2.05, 4.69) is 16.7 Å². The maximum Gasteiger partial charge on any atom is 0.410 e. The molecule has 0 unspecified atom stereocenters. The Morgan fingerprint density at radius 3 is 2.73 bits per heavy atom. The molecule has 2 bridgehead atoms. The summed E-state index contributed by atoms with van der Waals surface area (Å²) in [4.78, 5) is 34.4. The fourth-order valence-corrected chi connectivity index (χ4v) is 9.72. The van der Waals surface area contributed by atoms with Crippen LogP contribution in [0.3, 0.4) is 0 Å². The zero-order chi connectivity index (χ0) is 38.2. The van der Waals surface area contributed by atoms with Gasteiger partial charge in [0.15, 0.2) is 12.6 Å². The second kappa shape index (κ2) is 13.6. The van der Waals surface area contributed by atoms with E-state index in [0.29, 0.717) is 48.4 Å². The molecule has 0 aliphatic carbocycles. The lowest BCUT2D eigenvalue weighted by Crippen LogP contribution is -2.63. The molecule has 2 aromatic carbocycles. The van der Waals surface area contributed by atoms with Crippen molar-refractivity contribution in [2.45, 2.75) is 102 Å². The zero-order valence-corrected chi connectivity index (χ0v) is 32.1. The summed E-state index contributed by atoms with van der Waals surface area (Å²) in [6, 6.07) is 8.94. The number of pyridine rings is 1. The van der Waals surface area contributed by atoms with Gasteiger partial charge in [0.25, 0.3) is 0 Å². The first-order chi connectivity index (χ1) is 26.5. The Morgan fingerprint density at radius 1 is 1.07 bits per heavy atom. The summed E-state index contributed by atoms with van der Waals surface area (Å²) >= 11 is 0. The van der Waals surface area contributed by atoms with E-state index in [0.717, 1.165) is 48.6 Å². The summed E-state index contributed by atoms with van der Waals surface area (Å²) in [7, 11) is 1.54. The van der Waals surface area contributed by atoms with Gasteiger partial charge in [-0.25, -0.2) is 18.6 Å². The molecule has 1 amide bonds. The van der Waals surface area contributed by atoms with Gasteiger partial charge in [0.2, 0.25) is 5.88 Å². The van der Waals surface area contributed by atoms with Gasteiger partial charge in [-0.1, -0.05) is 25.1 Å².